The van der Waals surface area contributed by atoms with E-state index in [1.165, 1.54) is 0 Å². The van der Waals surface area contributed by atoms with Gasteiger partial charge in [-0.15, -0.1) is 0 Å². The molecule has 2 nitrogen and oxygen atoms in total. The maximum atomic E-state index is 10.4. The van der Waals surface area contributed by atoms with E-state index < -0.39 is 6.10 Å². The van der Waals surface area contributed by atoms with Gasteiger partial charge < -0.3 is 9.52 Å². The Morgan fingerprint density at radius 1 is 1.28 bits per heavy atom. The first-order chi connectivity index (χ1) is 8.74. The van der Waals surface area contributed by atoms with Crippen molar-refractivity contribution < 1.29 is 9.52 Å². The summed E-state index contributed by atoms with van der Waals surface area (Å²) in [5.41, 5.74) is 0.778. The molecule has 1 N–H and O–H groups in total. The van der Waals surface area contributed by atoms with Gasteiger partial charge in [-0.05, 0) is 49.4 Å². The number of fused-ring (bicyclic) bond motifs is 1. The number of halogens is 1. The van der Waals surface area contributed by atoms with E-state index in [-0.39, 0.29) is 5.92 Å². The molecule has 2 unspecified atom stereocenters. The van der Waals surface area contributed by atoms with E-state index in [4.69, 9.17) is 16.0 Å². The highest BCUT2D eigenvalue weighted by Gasteiger charge is 2.24. The zero-order valence-corrected chi connectivity index (χ0v) is 10.7. The highest BCUT2D eigenvalue weighted by atomic mass is 35.5. The summed E-state index contributed by atoms with van der Waals surface area (Å²) in [5, 5.41) is 12.0. The third-order valence-corrected chi connectivity index (χ3v) is 3.78. The standard InChI is InChI=1S/C15H15ClO2/c16-12-6-7-13-11(8-12)9-14(18-13)15(17)10-4-2-1-3-5-10/h1-2,6-10,15,17H,3-5H2. The van der Waals surface area contributed by atoms with Crippen LogP contribution in [0.15, 0.2) is 40.8 Å². The van der Waals surface area contributed by atoms with Gasteiger partial charge in [0.1, 0.15) is 17.4 Å². The van der Waals surface area contributed by atoms with Crippen LogP contribution >= 0.6 is 11.6 Å². The second-order valence-electron chi connectivity index (χ2n) is 4.82. The van der Waals surface area contributed by atoms with Crippen LogP contribution < -0.4 is 0 Å². The van der Waals surface area contributed by atoms with E-state index in [1.54, 1.807) is 6.07 Å². The fraction of sp³-hybridized carbons (Fsp3) is 0.333. The van der Waals surface area contributed by atoms with Crippen LogP contribution in [0.1, 0.15) is 31.1 Å². The fourth-order valence-electron chi connectivity index (χ4n) is 2.52. The average Bonchev–Trinajstić information content (AvgIpc) is 2.81. The van der Waals surface area contributed by atoms with Crippen molar-refractivity contribution in [3.05, 3.63) is 47.2 Å². The average molecular weight is 263 g/mol. The Kier molecular flexibility index (Phi) is 3.14. The summed E-state index contributed by atoms with van der Waals surface area (Å²) in [6.45, 7) is 0. The molecule has 3 rings (SSSR count). The normalized spacial score (nSPS) is 21.3. The molecule has 1 aromatic carbocycles. The van der Waals surface area contributed by atoms with E-state index in [2.05, 4.69) is 12.2 Å². The lowest BCUT2D eigenvalue weighted by Gasteiger charge is -2.21. The zero-order chi connectivity index (χ0) is 12.5. The van der Waals surface area contributed by atoms with Gasteiger partial charge in [0.15, 0.2) is 0 Å². The number of allylic oxidation sites excluding steroid dienone is 2. The molecule has 18 heavy (non-hydrogen) atoms. The smallest absolute Gasteiger partial charge is 0.134 e. The van der Waals surface area contributed by atoms with Crippen molar-refractivity contribution in [2.24, 2.45) is 5.92 Å². The van der Waals surface area contributed by atoms with Crippen LogP contribution in [-0.2, 0) is 0 Å². The lowest BCUT2D eigenvalue weighted by molar-refractivity contribution is 0.0824. The Hall–Kier alpha value is -1.25. The van der Waals surface area contributed by atoms with Crippen molar-refractivity contribution in [1.82, 2.24) is 0 Å². The van der Waals surface area contributed by atoms with Gasteiger partial charge in [0.05, 0.1) is 0 Å². The molecule has 1 aliphatic carbocycles. The van der Waals surface area contributed by atoms with Crippen LogP contribution in [0, 0.1) is 5.92 Å². The summed E-state index contributed by atoms with van der Waals surface area (Å²) in [5.74, 6) is 0.901. The van der Waals surface area contributed by atoms with E-state index in [0.717, 1.165) is 30.2 Å². The van der Waals surface area contributed by atoms with Gasteiger partial charge in [0, 0.05) is 10.4 Å². The first-order valence-electron chi connectivity index (χ1n) is 6.26. The molecule has 1 aromatic heterocycles. The number of hydrogen-bond donors (Lipinski definition) is 1. The van der Waals surface area contributed by atoms with Crippen molar-refractivity contribution in [3.63, 3.8) is 0 Å². The van der Waals surface area contributed by atoms with Crippen molar-refractivity contribution in [1.29, 1.82) is 0 Å². The molecule has 1 heterocycles. The molecule has 2 atom stereocenters. The lowest BCUT2D eigenvalue weighted by atomic mass is 9.88. The summed E-state index contributed by atoms with van der Waals surface area (Å²) in [4.78, 5) is 0. The Balaban J connectivity index is 1.91. The number of furan rings is 1. The fourth-order valence-corrected chi connectivity index (χ4v) is 2.70. The SMILES string of the molecule is OC(c1cc2cc(Cl)ccc2o1)C1CC=CCC1. The van der Waals surface area contributed by atoms with Crippen LogP contribution in [0.2, 0.25) is 5.02 Å². The molecule has 0 bridgehead atoms. The van der Waals surface area contributed by atoms with Crippen molar-refractivity contribution in [3.8, 4) is 0 Å². The largest absolute Gasteiger partial charge is 0.458 e. The third kappa shape index (κ3) is 2.18. The van der Waals surface area contributed by atoms with Crippen molar-refractivity contribution in [2.45, 2.75) is 25.4 Å². The first kappa shape index (κ1) is 11.8. The number of rotatable bonds is 2. The number of benzene rings is 1. The second kappa shape index (κ2) is 4.79. The van der Waals surface area contributed by atoms with Crippen LogP contribution in [0.5, 0.6) is 0 Å². The third-order valence-electron chi connectivity index (χ3n) is 3.55. The molecule has 3 heteroatoms. The Morgan fingerprint density at radius 3 is 2.94 bits per heavy atom. The Morgan fingerprint density at radius 2 is 2.17 bits per heavy atom. The first-order valence-corrected chi connectivity index (χ1v) is 6.64. The maximum absolute atomic E-state index is 10.4. The molecule has 1 aliphatic rings. The monoisotopic (exact) mass is 262 g/mol. The Labute approximate surface area is 111 Å². The molecular weight excluding hydrogens is 248 g/mol. The molecule has 2 aromatic rings. The summed E-state index contributed by atoms with van der Waals surface area (Å²) >= 11 is 5.94. The molecule has 0 saturated carbocycles. The summed E-state index contributed by atoms with van der Waals surface area (Å²) in [6, 6.07) is 7.39. The summed E-state index contributed by atoms with van der Waals surface area (Å²) in [6.07, 6.45) is 6.74. The number of aliphatic hydroxyl groups excluding tert-OH is 1. The van der Waals surface area contributed by atoms with Crippen molar-refractivity contribution in [2.75, 3.05) is 0 Å². The van der Waals surface area contributed by atoms with E-state index in [1.807, 2.05) is 18.2 Å². The molecule has 0 saturated heterocycles. The zero-order valence-electron chi connectivity index (χ0n) is 9.97. The number of aliphatic hydroxyl groups is 1. The summed E-state index contributed by atoms with van der Waals surface area (Å²) in [7, 11) is 0. The predicted molar refractivity (Wildman–Crippen MR) is 72.7 cm³/mol. The van der Waals surface area contributed by atoms with Crippen LogP contribution in [0.4, 0.5) is 0 Å². The van der Waals surface area contributed by atoms with E-state index >= 15 is 0 Å². The molecule has 0 radical (unpaired) electrons. The van der Waals surface area contributed by atoms with Crippen LogP contribution in [0.3, 0.4) is 0 Å². The topological polar surface area (TPSA) is 33.4 Å². The molecule has 0 amide bonds. The van der Waals surface area contributed by atoms with Crippen LogP contribution in [0.25, 0.3) is 11.0 Å². The van der Waals surface area contributed by atoms with E-state index in [9.17, 15) is 5.11 Å². The minimum atomic E-state index is -0.527. The van der Waals surface area contributed by atoms with Gasteiger partial charge in [-0.3, -0.25) is 0 Å². The van der Waals surface area contributed by atoms with Gasteiger partial charge in [-0.2, -0.15) is 0 Å². The molecule has 0 aliphatic heterocycles. The van der Waals surface area contributed by atoms with Gasteiger partial charge >= 0.3 is 0 Å². The summed E-state index contributed by atoms with van der Waals surface area (Å²) < 4.78 is 5.71. The lowest BCUT2D eigenvalue weighted by Crippen LogP contribution is -2.13. The quantitative estimate of drug-likeness (QED) is 0.810. The van der Waals surface area contributed by atoms with Crippen molar-refractivity contribution >= 4 is 22.6 Å². The molecule has 0 fully saturated rings. The van der Waals surface area contributed by atoms with Gasteiger partial charge in [-0.25, -0.2) is 0 Å². The highest BCUT2D eigenvalue weighted by Crippen LogP contribution is 2.34. The molecular formula is C15H15ClO2. The van der Waals surface area contributed by atoms with Crippen LogP contribution in [-0.4, -0.2) is 5.11 Å². The predicted octanol–water partition coefficient (Wildman–Crippen LogP) is 4.48. The minimum absolute atomic E-state index is 0.256. The van der Waals surface area contributed by atoms with Gasteiger partial charge in [0.25, 0.3) is 0 Å². The second-order valence-corrected chi connectivity index (χ2v) is 5.26. The Bertz CT molecular complexity index is 585. The van der Waals surface area contributed by atoms with Gasteiger partial charge in [0.2, 0.25) is 0 Å². The minimum Gasteiger partial charge on any atom is -0.458 e. The molecule has 94 valence electrons. The number of hydrogen-bond acceptors (Lipinski definition) is 2. The maximum Gasteiger partial charge on any atom is 0.134 e. The van der Waals surface area contributed by atoms with E-state index in [0.29, 0.717) is 10.8 Å². The molecule has 0 spiro atoms. The highest BCUT2D eigenvalue weighted by molar-refractivity contribution is 6.31. The van der Waals surface area contributed by atoms with Gasteiger partial charge in [-0.1, -0.05) is 23.8 Å².